The van der Waals surface area contributed by atoms with E-state index in [0.717, 1.165) is 0 Å². The largest absolute Gasteiger partial charge is 0.394 e. The van der Waals surface area contributed by atoms with Crippen molar-refractivity contribution in [3.8, 4) is 0 Å². The minimum atomic E-state index is -1.32. The Bertz CT molecular complexity index is 842. The van der Waals surface area contributed by atoms with Crippen molar-refractivity contribution in [3.05, 3.63) is 0 Å². The van der Waals surface area contributed by atoms with Gasteiger partial charge >= 0.3 is 0 Å². The average molecular weight is 671 g/mol. The van der Waals surface area contributed by atoms with Crippen LogP contribution in [0.25, 0.3) is 0 Å². The van der Waals surface area contributed by atoms with Gasteiger partial charge in [0.05, 0.1) is 104 Å². The van der Waals surface area contributed by atoms with Crippen molar-refractivity contribution in [2.45, 2.75) is 88.8 Å². The Labute approximate surface area is 269 Å². The van der Waals surface area contributed by atoms with E-state index in [1.165, 1.54) is 13.8 Å². The van der Waals surface area contributed by atoms with Gasteiger partial charge in [-0.15, -0.1) is 0 Å². The van der Waals surface area contributed by atoms with Crippen molar-refractivity contribution in [1.29, 1.82) is 0 Å². The minimum absolute atomic E-state index is 0.000718. The van der Waals surface area contributed by atoms with Gasteiger partial charge in [-0.2, -0.15) is 0 Å². The zero-order chi connectivity index (χ0) is 33.9. The SMILES string of the molecule is CC(=O)NC1CC(O)[C@@H](O)C(CO)O[C@H]1OCCOCCOCC(C)COCCOCCO[C@@H]1OC(CO)[C@H](O)CC1NC(C)=O. The third kappa shape index (κ3) is 15.5. The van der Waals surface area contributed by atoms with Gasteiger partial charge in [-0.25, -0.2) is 0 Å². The number of aliphatic hydroxyl groups excluding tert-OH is 5. The Kier molecular flexibility index (Phi) is 20.2. The predicted octanol–water partition coefficient (Wildman–Crippen LogP) is -2.97. The van der Waals surface area contributed by atoms with Crippen molar-refractivity contribution in [3.63, 3.8) is 0 Å². The molecule has 0 saturated carbocycles. The molecule has 0 bridgehead atoms. The van der Waals surface area contributed by atoms with Crippen LogP contribution in [0.4, 0.5) is 0 Å². The summed E-state index contributed by atoms with van der Waals surface area (Å²) in [5.74, 6) is -0.482. The van der Waals surface area contributed by atoms with E-state index in [1.54, 1.807) is 0 Å². The van der Waals surface area contributed by atoms with Crippen LogP contribution in [-0.2, 0) is 47.5 Å². The molecule has 2 amide bonds. The molecule has 0 spiro atoms. The average Bonchev–Trinajstić information content (AvgIpc) is 3.11. The molecular formula is C29H54N2O15. The summed E-state index contributed by atoms with van der Waals surface area (Å²) in [4.78, 5) is 23.0. The third-order valence-electron chi connectivity index (χ3n) is 7.18. The maximum Gasteiger partial charge on any atom is 0.217 e. The molecule has 46 heavy (non-hydrogen) atoms. The molecule has 2 rings (SSSR count). The zero-order valence-electron chi connectivity index (χ0n) is 27.0. The lowest BCUT2D eigenvalue weighted by atomic mass is 10.0. The van der Waals surface area contributed by atoms with Gasteiger partial charge in [-0.1, -0.05) is 6.92 Å². The number of hydrogen-bond donors (Lipinski definition) is 7. The molecule has 270 valence electrons. The predicted molar refractivity (Wildman–Crippen MR) is 158 cm³/mol. The Morgan fingerprint density at radius 2 is 1.09 bits per heavy atom. The fourth-order valence-electron chi connectivity index (χ4n) is 4.89. The molecule has 0 aromatic rings. The molecule has 0 radical (unpaired) electrons. The fourth-order valence-corrected chi connectivity index (χ4v) is 4.89. The van der Waals surface area contributed by atoms with Crippen LogP contribution in [0.2, 0.25) is 0 Å². The second-order valence-electron chi connectivity index (χ2n) is 11.4. The van der Waals surface area contributed by atoms with Gasteiger partial charge in [0, 0.05) is 32.6 Å². The number of ether oxygens (including phenoxy) is 8. The van der Waals surface area contributed by atoms with Gasteiger partial charge in [0.25, 0.3) is 0 Å². The van der Waals surface area contributed by atoms with Gasteiger partial charge < -0.3 is 74.1 Å². The van der Waals surface area contributed by atoms with Crippen LogP contribution in [0.5, 0.6) is 0 Å². The number of nitrogens with one attached hydrogen (secondary N) is 2. The Morgan fingerprint density at radius 1 is 0.674 bits per heavy atom. The first kappa shape index (κ1) is 40.6. The molecule has 2 fully saturated rings. The van der Waals surface area contributed by atoms with Gasteiger partial charge in [0.15, 0.2) is 12.6 Å². The van der Waals surface area contributed by atoms with E-state index in [9.17, 15) is 35.1 Å². The van der Waals surface area contributed by atoms with Crippen LogP contribution < -0.4 is 10.6 Å². The van der Waals surface area contributed by atoms with Crippen molar-refractivity contribution >= 4 is 11.8 Å². The first-order chi connectivity index (χ1) is 22.0. The van der Waals surface area contributed by atoms with E-state index in [2.05, 4.69) is 10.6 Å². The highest BCUT2D eigenvalue weighted by Crippen LogP contribution is 2.22. The van der Waals surface area contributed by atoms with Gasteiger partial charge in [-0.05, 0) is 0 Å². The van der Waals surface area contributed by atoms with E-state index in [-0.39, 0.29) is 63.6 Å². The van der Waals surface area contributed by atoms with Crippen LogP contribution in [0.1, 0.15) is 33.6 Å². The summed E-state index contributed by atoms with van der Waals surface area (Å²) in [6.45, 7) is 6.94. The molecule has 2 heterocycles. The number of carbonyl (C=O) groups is 2. The smallest absolute Gasteiger partial charge is 0.217 e. The maximum atomic E-state index is 11.6. The minimum Gasteiger partial charge on any atom is -0.394 e. The lowest BCUT2D eigenvalue weighted by Crippen LogP contribution is -2.56. The number of carbonyl (C=O) groups excluding carboxylic acids is 2. The Balaban J connectivity index is 1.48. The van der Waals surface area contributed by atoms with Crippen molar-refractivity contribution < 1.29 is 73.0 Å². The molecular weight excluding hydrogens is 616 g/mol. The molecule has 0 aliphatic carbocycles. The highest BCUT2D eigenvalue weighted by atomic mass is 16.7. The number of amides is 2. The summed E-state index contributed by atoms with van der Waals surface area (Å²) in [7, 11) is 0. The summed E-state index contributed by atoms with van der Waals surface area (Å²) in [6, 6.07) is -1.25. The number of rotatable bonds is 22. The summed E-state index contributed by atoms with van der Waals surface area (Å²) in [5, 5.41) is 54.5. The molecule has 2 aliphatic rings. The normalized spacial score (nSPS) is 30.8. The fraction of sp³-hybridized carbons (Fsp3) is 0.931. The molecule has 17 nitrogen and oxygen atoms in total. The van der Waals surface area contributed by atoms with E-state index in [0.29, 0.717) is 39.6 Å². The maximum absolute atomic E-state index is 11.6. The van der Waals surface area contributed by atoms with E-state index in [4.69, 9.17) is 37.9 Å². The van der Waals surface area contributed by atoms with Gasteiger partial charge in [0.1, 0.15) is 18.3 Å². The molecule has 17 heteroatoms. The first-order valence-electron chi connectivity index (χ1n) is 15.7. The van der Waals surface area contributed by atoms with E-state index >= 15 is 0 Å². The Hall–Kier alpha value is -1.58. The van der Waals surface area contributed by atoms with Crippen LogP contribution in [-0.4, -0.2) is 172 Å². The highest BCUT2D eigenvalue weighted by molar-refractivity contribution is 5.73. The summed E-state index contributed by atoms with van der Waals surface area (Å²) in [6.07, 6.45) is -6.84. The monoisotopic (exact) mass is 670 g/mol. The molecule has 10 atom stereocenters. The van der Waals surface area contributed by atoms with Crippen molar-refractivity contribution in [1.82, 2.24) is 10.6 Å². The molecule has 2 saturated heterocycles. The molecule has 0 aromatic heterocycles. The molecule has 0 aromatic carbocycles. The van der Waals surface area contributed by atoms with Crippen molar-refractivity contribution in [2.75, 3.05) is 79.3 Å². The first-order valence-corrected chi connectivity index (χ1v) is 15.7. The van der Waals surface area contributed by atoms with Gasteiger partial charge in [-0.3, -0.25) is 9.59 Å². The number of aliphatic hydroxyl groups is 5. The number of hydrogen-bond acceptors (Lipinski definition) is 15. The topological polar surface area (TPSA) is 233 Å². The van der Waals surface area contributed by atoms with Crippen molar-refractivity contribution in [2.24, 2.45) is 5.92 Å². The quantitative estimate of drug-likeness (QED) is 0.0570. The lowest BCUT2D eigenvalue weighted by molar-refractivity contribution is -0.244. The molecule has 7 N–H and O–H groups in total. The van der Waals surface area contributed by atoms with E-state index < -0.39 is 61.8 Å². The second kappa shape index (κ2) is 22.9. The summed E-state index contributed by atoms with van der Waals surface area (Å²) in [5.41, 5.74) is 0. The van der Waals surface area contributed by atoms with Crippen LogP contribution in [0.15, 0.2) is 0 Å². The van der Waals surface area contributed by atoms with Crippen LogP contribution in [0.3, 0.4) is 0 Å². The van der Waals surface area contributed by atoms with Crippen LogP contribution in [0, 0.1) is 5.92 Å². The lowest BCUT2D eigenvalue weighted by Gasteiger charge is -2.38. The molecule has 2 aliphatic heterocycles. The standard InChI is InChI=1S/C29H54N2O15/c1-18(16-41-6-4-39-8-10-43-28-21(30-19(2)34)12-23(36)25(14-32)45-28)17-42-7-5-40-9-11-44-29-22(31-20(3)35)13-24(37)27(38)26(15-33)46-29/h18,21-29,32-33,36-38H,4-17H2,1-3H3,(H,30,34)(H,31,35)/t18?,21?,22?,23-,24?,25?,26?,27-,28-,29-/m1/s1. The highest BCUT2D eigenvalue weighted by Gasteiger charge is 2.40. The Morgan fingerprint density at radius 3 is 1.54 bits per heavy atom. The third-order valence-corrected chi connectivity index (χ3v) is 7.18. The van der Waals surface area contributed by atoms with Crippen LogP contribution >= 0.6 is 0 Å². The van der Waals surface area contributed by atoms with Gasteiger partial charge in [0.2, 0.25) is 11.8 Å². The summed E-state index contributed by atoms with van der Waals surface area (Å²) >= 11 is 0. The molecule has 6 unspecified atom stereocenters. The summed E-state index contributed by atoms with van der Waals surface area (Å²) < 4.78 is 44.8. The second-order valence-corrected chi connectivity index (χ2v) is 11.4. The van der Waals surface area contributed by atoms with E-state index in [1.807, 2.05) is 6.92 Å². The zero-order valence-corrected chi connectivity index (χ0v) is 27.0.